The molecule has 1 heterocycles. The normalized spacial score (nSPS) is 17.0. The van der Waals surface area contributed by atoms with Crippen molar-refractivity contribution >= 4 is 21.6 Å². The van der Waals surface area contributed by atoms with E-state index in [2.05, 4.69) is 5.32 Å². The molecule has 1 atom stereocenters. The van der Waals surface area contributed by atoms with Crippen LogP contribution in [0.4, 0.5) is 5.69 Å². The first-order valence-corrected chi connectivity index (χ1v) is 10.3. The van der Waals surface area contributed by atoms with E-state index in [1.807, 2.05) is 31.2 Å². The highest BCUT2D eigenvalue weighted by Gasteiger charge is 2.30. The van der Waals surface area contributed by atoms with E-state index >= 15 is 0 Å². The number of para-hydroxylation sites is 2. The van der Waals surface area contributed by atoms with Crippen LogP contribution in [-0.4, -0.2) is 33.2 Å². The Balaban J connectivity index is 1.76. The van der Waals surface area contributed by atoms with Crippen molar-refractivity contribution in [3.05, 3.63) is 59.7 Å². The molecule has 0 fully saturated rings. The molecule has 0 aromatic heterocycles. The molecule has 26 heavy (non-hydrogen) atoms. The van der Waals surface area contributed by atoms with Gasteiger partial charge in [0, 0.05) is 19.5 Å². The monoisotopic (exact) mass is 374 g/mol. The maximum Gasteiger partial charge on any atom is 0.261 e. The van der Waals surface area contributed by atoms with Gasteiger partial charge in [-0.05, 0) is 30.2 Å². The van der Waals surface area contributed by atoms with Crippen LogP contribution in [0.5, 0.6) is 5.75 Å². The van der Waals surface area contributed by atoms with Gasteiger partial charge in [0.25, 0.3) is 5.91 Å². The minimum absolute atomic E-state index is 0.193. The predicted octanol–water partition coefficient (Wildman–Crippen LogP) is 2.23. The molecule has 0 spiro atoms. The Labute approximate surface area is 153 Å². The molecule has 0 radical (unpaired) electrons. The van der Waals surface area contributed by atoms with Gasteiger partial charge in [-0.1, -0.05) is 36.4 Å². The van der Waals surface area contributed by atoms with Crippen molar-refractivity contribution in [2.45, 2.75) is 26.0 Å². The van der Waals surface area contributed by atoms with Crippen LogP contribution < -0.4 is 14.4 Å². The van der Waals surface area contributed by atoms with Crippen molar-refractivity contribution in [3.8, 4) is 5.75 Å². The van der Waals surface area contributed by atoms with Gasteiger partial charge in [-0.3, -0.25) is 9.10 Å². The summed E-state index contributed by atoms with van der Waals surface area (Å²) in [5, 5.41) is 2.89. The number of nitrogens with one attached hydrogen (secondary N) is 1. The fourth-order valence-corrected chi connectivity index (χ4v) is 3.91. The first kappa shape index (κ1) is 18.3. The molecule has 0 aliphatic carbocycles. The van der Waals surface area contributed by atoms with Crippen LogP contribution in [0.25, 0.3) is 0 Å². The second kappa shape index (κ2) is 7.37. The number of ether oxygens (including phenoxy) is 1. The van der Waals surface area contributed by atoms with Gasteiger partial charge >= 0.3 is 0 Å². The Morgan fingerprint density at radius 1 is 1.19 bits per heavy atom. The van der Waals surface area contributed by atoms with E-state index < -0.39 is 16.1 Å². The molecule has 0 bridgehead atoms. The fraction of sp³-hybridized carbons (Fsp3) is 0.316. The average Bonchev–Trinajstić information content (AvgIpc) is 2.80. The Morgan fingerprint density at radius 3 is 2.62 bits per heavy atom. The number of amides is 1. The molecule has 1 amide bonds. The average molecular weight is 374 g/mol. The third-order valence-corrected chi connectivity index (χ3v) is 5.58. The lowest BCUT2D eigenvalue weighted by atomic mass is 10.1. The van der Waals surface area contributed by atoms with Gasteiger partial charge in [0.2, 0.25) is 10.0 Å². The van der Waals surface area contributed by atoms with Gasteiger partial charge in [0.05, 0.1) is 11.9 Å². The summed E-state index contributed by atoms with van der Waals surface area (Å²) < 4.78 is 31.3. The molecule has 138 valence electrons. The second-order valence-electron chi connectivity index (χ2n) is 6.34. The van der Waals surface area contributed by atoms with Crippen molar-refractivity contribution in [2.75, 3.05) is 17.1 Å². The highest BCUT2D eigenvalue weighted by atomic mass is 32.2. The van der Waals surface area contributed by atoms with Gasteiger partial charge < -0.3 is 10.1 Å². The van der Waals surface area contributed by atoms with Crippen molar-refractivity contribution < 1.29 is 17.9 Å². The maximum atomic E-state index is 12.6. The molecule has 0 unspecified atom stereocenters. The lowest BCUT2D eigenvalue weighted by Gasteiger charge is -2.20. The van der Waals surface area contributed by atoms with E-state index in [4.69, 9.17) is 4.74 Å². The van der Waals surface area contributed by atoms with E-state index in [9.17, 15) is 13.2 Å². The molecular weight excluding hydrogens is 352 g/mol. The molecule has 1 N–H and O–H groups in total. The quantitative estimate of drug-likeness (QED) is 0.890. The largest absolute Gasteiger partial charge is 0.478 e. The summed E-state index contributed by atoms with van der Waals surface area (Å²) in [5.41, 5.74) is 2.60. The number of rotatable bonds is 4. The van der Waals surface area contributed by atoms with Gasteiger partial charge in [0.1, 0.15) is 5.75 Å². The van der Waals surface area contributed by atoms with E-state index in [1.165, 1.54) is 4.31 Å². The topological polar surface area (TPSA) is 75.7 Å². The van der Waals surface area contributed by atoms with Crippen LogP contribution in [0.3, 0.4) is 0 Å². The lowest BCUT2D eigenvalue weighted by molar-refractivity contribution is -0.128. The number of hydrogen-bond acceptors (Lipinski definition) is 4. The lowest BCUT2D eigenvalue weighted by Crippen LogP contribution is -2.39. The van der Waals surface area contributed by atoms with Crippen LogP contribution in [-0.2, 0) is 21.4 Å². The number of nitrogens with zero attached hydrogens (tertiary/aromatic N) is 1. The molecule has 1 aliphatic heterocycles. The van der Waals surface area contributed by atoms with Crippen molar-refractivity contribution in [1.82, 2.24) is 5.32 Å². The Bertz CT molecular complexity index is 911. The van der Waals surface area contributed by atoms with Crippen LogP contribution in [0.1, 0.15) is 17.5 Å². The number of benzene rings is 2. The summed E-state index contributed by atoms with van der Waals surface area (Å²) in [6.07, 6.45) is 0.691. The minimum atomic E-state index is -3.45. The number of aryl methyl sites for hydroxylation is 1. The fourth-order valence-electron chi connectivity index (χ4n) is 2.96. The molecule has 7 heteroatoms. The number of hydrogen-bond donors (Lipinski definition) is 1. The van der Waals surface area contributed by atoms with Gasteiger partial charge in [-0.25, -0.2) is 8.42 Å². The van der Waals surface area contributed by atoms with Gasteiger partial charge in [0.15, 0.2) is 6.10 Å². The van der Waals surface area contributed by atoms with E-state index in [-0.39, 0.29) is 18.9 Å². The van der Waals surface area contributed by atoms with Crippen molar-refractivity contribution in [2.24, 2.45) is 0 Å². The summed E-state index contributed by atoms with van der Waals surface area (Å²) in [6.45, 7) is 2.59. The summed E-state index contributed by atoms with van der Waals surface area (Å²) in [7, 11) is -3.45. The summed E-state index contributed by atoms with van der Waals surface area (Å²) in [4.78, 5) is 12.6. The van der Waals surface area contributed by atoms with E-state index in [0.29, 0.717) is 18.0 Å². The first-order chi connectivity index (χ1) is 12.4. The number of fused-ring (bicyclic) bond motifs is 1. The Kier molecular flexibility index (Phi) is 5.18. The zero-order valence-corrected chi connectivity index (χ0v) is 15.6. The predicted molar refractivity (Wildman–Crippen MR) is 101 cm³/mol. The molecule has 1 aliphatic rings. The van der Waals surface area contributed by atoms with E-state index in [0.717, 1.165) is 17.4 Å². The summed E-state index contributed by atoms with van der Waals surface area (Å²) >= 11 is 0. The smallest absolute Gasteiger partial charge is 0.261 e. The maximum absolute atomic E-state index is 12.6. The zero-order valence-electron chi connectivity index (χ0n) is 14.8. The molecule has 2 aromatic rings. The first-order valence-electron chi connectivity index (χ1n) is 8.42. The number of sulfonamides is 1. The van der Waals surface area contributed by atoms with Crippen LogP contribution in [0, 0.1) is 6.92 Å². The number of carbonyl (C=O) groups excluding carboxylic acids is 1. The second-order valence-corrected chi connectivity index (χ2v) is 8.25. The number of anilines is 1. The summed E-state index contributed by atoms with van der Waals surface area (Å²) in [6, 6.07) is 14.7. The molecule has 3 rings (SSSR count). The third-order valence-electron chi connectivity index (χ3n) is 4.40. The highest BCUT2D eigenvalue weighted by molar-refractivity contribution is 7.92. The molecular formula is C19H22N2O4S. The van der Waals surface area contributed by atoms with Gasteiger partial charge in [-0.15, -0.1) is 0 Å². The van der Waals surface area contributed by atoms with Crippen LogP contribution in [0.15, 0.2) is 48.5 Å². The molecule has 2 aromatic carbocycles. The van der Waals surface area contributed by atoms with Gasteiger partial charge in [-0.2, -0.15) is 0 Å². The SMILES string of the molecule is Cc1ccccc1CNC(=O)[C@@H]1CCN(S(C)(=O)=O)c2ccccc2O1. The molecule has 0 saturated carbocycles. The molecule has 6 nitrogen and oxygen atoms in total. The Morgan fingerprint density at radius 2 is 1.88 bits per heavy atom. The van der Waals surface area contributed by atoms with Crippen molar-refractivity contribution in [1.29, 1.82) is 0 Å². The summed E-state index contributed by atoms with van der Waals surface area (Å²) in [5.74, 6) is 0.143. The Hall–Kier alpha value is -2.54. The molecule has 0 saturated heterocycles. The van der Waals surface area contributed by atoms with Crippen molar-refractivity contribution in [3.63, 3.8) is 0 Å². The number of carbonyl (C=O) groups is 1. The minimum Gasteiger partial charge on any atom is -0.478 e. The van der Waals surface area contributed by atoms with Crippen LogP contribution in [0.2, 0.25) is 0 Å². The highest BCUT2D eigenvalue weighted by Crippen LogP contribution is 2.33. The van der Waals surface area contributed by atoms with Crippen LogP contribution >= 0.6 is 0 Å². The standard InChI is InChI=1S/C19H22N2O4S/c1-14-7-3-4-8-15(14)13-20-19(22)18-11-12-21(26(2,23)24)16-9-5-6-10-17(16)25-18/h3-10,18H,11-13H2,1-2H3,(H,20,22)/t18-/m0/s1. The third kappa shape index (κ3) is 3.99. The zero-order chi connectivity index (χ0) is 18.7. The van der Waals surface area contributed by atoms with E-state index in [1.54, 1.807) is 24.3 Å².